The number of nitrogens with zero attached hydrogens (tertiary/aromatic N) is 1. The molecule has 0 bridgehead atoms. The summed E-state index contributed by atoms with van der Waals surface area (Å²) < 4.78 is 17.5. The maximum absolute atomic E-state index is 12.7. The molecular formula is C22H19ClINO5S. The van der Waals surface area contributed by atoms with E-state index in [1.165, 1.54) is 4.90 Å². The number of carbonyl (C=O) groups is 2. The van der Waals surface area contributed by atoms with Crippen LogP contribution in [0.1, 0.15) is 5.56 Å². The second kappa shape index (κ2) is 10.9. The SMILES string of the molecule is C=CCOc1c(I)cc(/C=C2\SC(=O)N(CCOc3ccc(Cl)cc3)C2=O)cc1OC. The van der Waals surface area contributed by atoms with Gasteiger partial charge < -0.3 is 14.2 Å². The summed E-state index contributed by atoms with van der Waals surface area (Å²) in [5.74, 6) is 1.41. The zero-order valence-electron chi connectivity index (χ0n) is 16.6. The van der Waals surface area contributed by atoms with Gasteiger partial charge in [0.15, 0.2) is 11.5 Å². The standard InChI is InChI=1S/C22H19ClINO5S/c1-3-9-30-20-17(24)11-14(12-18(20)28-2)13-19-21(26)25(22(27)31-19)8-10-29-16-6-4-15(23)5-7-16/h3-7,11-13H,1,8-10H2,2H3/b19-13-. The molecule has 2 aromatic rings. The van der Waals surface area contributed by atoms with E-state index in [9.17, 15) is 9.59 Å². The Morgan fingerprint density at radius 3 is 2.61 bits per heavy atom. The van der Waals surface area contributed by atoms with E-state index in [-0.39, 0.29) is 24.3 Å². The van der Waals surface area contributed by atoms with Gasteiger partial charge in [0.1, 0.15) is 19.0 Å². The van der Waals surface area contributed by atoms with Crippen molar-refractivity contribution in [3.63, 3.8) is 0 Å². The van der Waals surface area contributed by atoms with E-state index in [1.54, 1.807) is 49.6 Å². The minimum absolute atomic E-state index is 0.153. The van der Waals surface area contributed by atoms with Crippen LogP contribution in [0.2, 0.25) is 5.02 Å². The van der Waals surface area contributed by atoms with E-state index in [2.05, 4.69) is 29.2 Å². The van der Waals surface area contributed by atoms with E-state index >= 15 is 0 Å². The molecule has 0 aliphatic carbocycles. The third-order valence-corrected chi connectivity index (χ3v) is 6.13. The Bertz CT molecular complexity index is 1030. The summed E-state index contributed by atoms with van der Waals surface area (Å²) in [4.78, 5) is 26.6. The monoisotopic (exact) mass is 571 g/mol. The normalized spacial score (nSPS) is 14.8. The van der Waals surface area contributed by atoms with Crippen LogP contribution in [0.4, 0.5) is 4.79 Å². The molecule has 9 heteroatoms. The van der Waals surface area contributed by atoms with E-state index < -0.39 is 0 Å². The molecule has 0 N–H and O–H groups in total. The summed E-state index contributed by atoms with van der Waals surface area (Å²) >= 11 is 8.89. The summed E-state index contributed by atoms with van der Waals surface area (Å²) in [5, 5.41) is 0.276. The van der Waals surface area contributed by atoms with Gasteiger partial charge in [-0.3, -0.25) is 14.5 Å². The van der Waals surface area contributed by atoms with Gasteiger partial charge in [-0.15, -0.1) is 0 Å². The van der Waals surface area contributed by atoms with Gasteiger partial charge in [0.25, 0.3) is 11.1 Å². The first kappa shape index (κ1) is 23.5. The van der Waals surface area contributed by atoms with Gasteiger partial charge in [-0.2, -0.15) is 0 Å². The second-order valence-electron chi connectivity index (χ2n) is 6.27. The quantitative estimate of drug-likeness (QED) is 0.221. The van der Waals surface area contributed by atoms with Crippen LogP contribution in [0, 0.1) is 3.57 Å². The lowest BCUT2D eigenvalue weighted by atomic mass is 10.2. The third-order valence-electron chi connectivity index (χ3n) is 4.17. The van der Waals surface area contributed by atoms with E-state index in [4.69, 9.17) is 25.8 Å². The van der Waals surface area contributed by atoms with E-state index in [0.717, 1.165) is 20.9 Å². The topological polar surface area (TPSA) is 65.1 Å². The number of amides is 2. The van der Waals surface area contributed by atoms with E-state index in [1.807, 2.05) is 6.07 Å². The van der Waals surface area contributed by atoms with Gasteiger partial charge >= 0.3 is 0 Å². The molecule has 1 heterocycles. The molecule has 2 aromatic carbocycles. The van der Waals surface area contributed by atoms with Crippen LogP contribution in [-0.4, -0.2) is 42.9 Å². The van der Waals surface area contributed by atoms with Crippen LogP contribution in [-0.2, 0) is 4.79 Å². The highest BCUT2D eigenvalue weighted by atomic mass is 127. The average molecular weight is 572 g/mol. The fraction of sp³-hybridized carbons (Fsp3) is 0.182. The molecule has 0 atom stereocenters. The van der Waals surface area contributed by atoms with Crippen molar-refractivity contribution in [2.45, 2.75) is 0 Å². The van der Waals surface area contributed by atoms with Crippen molar-refractivity contribution in [1.82, 2.24) is 4.90 Å². The first-order valence-electron chi connectivity index (χ1n) is 9.18. The van der Waals surface area contributed by atoms with Crippen molar-refractivity contribution in [3.8, 4) is 17.2 Å². The number of imide groups is 1. The summed E-state index contributed by atoms with van der Waals surface area (Å²) in [6.07, 6.45) is 3.32. The molecule has 3 rings (SSSR count). The summed E-state index contributed by atoms with van der Waals surface area (Å²) in [5.41, 5.74) is 0.732. The molecule has 31 heavy (non-hydrogen) atoms. The maximum Gasteiger partial charge on any atom is 0.293 e. The smallest absolute Gasteiger partial charge is 0.293 e. The number of halogens is 2. The van der Waals surface area contributed by atoms with E-state index in [0.29, 0.717) is 33.8 Å². The van der Waals surface area contributed by atoms with Gasteiger partial charge in [-0.1, -0.05) is 24.3 Å². The molecule has 0 radical (unpaired) electrons. The first-order chi connectivity index (χ1) is 14.9. The Hall–Kier alpha value is -2.17. The van der Waals surface area contributed by atoms with Crippen molar-refractivity contribution in [3.05, 3.63) is 68.1 Å². The largest absolute Gasteiger partial charge is 0.493 e. The fourth-order valence-electron chi connectivity index (χ4n) is 2.74. The number of carbonyl (C=O) groups excluding carboxylic acids is 2. The van der Waals surface area contributed by atoms with Crippen LogP contribution >= 0.6 is 46.0 Å². The Kier molecular flexibility index (Phi) is 8.28. The molecule has 6 nitrogen and oxygen atoms in total. The summed E-state index contributed by atoms with van der Waals surface area (Å²) in [6.45, 7) is 4.33. The molecule has 0 aromatic heterocycles. The molecule has 0 unspecified atom stereocenters. The molecule has 0 spiro atoms. The third kappa shape index (κ3) is 5.96. The number of ether oxygens (including phenoxy) is 3. The molecule has 162 valence electrons. The number of hydrogen-bond donors (Lipinski definition) is 0. The number of benzene rings is 2. The van der Waals surface area contributed by atoms with Crippen LogP contribution < -0.4 is 14.2 Å². The summed E-state index contributed by atoms with van der Waals surface area (Å²) in [6, 6.07) is 10.5. The Morgan fingerprint density at radius 2 is 1.94 bits per heavy atom. The van der Waals surface area contributed by atoms with Crippen molar-refractivity contribution in [2.24, 2.45) is 0 Å². The predicted molar refractivity (Wildman–Crippen MR) is 131 cm³/mol. The van der Waals surface area contributed by atoms with Crippen molar-refractivity contribution < 1.29 is 23.8 Å². The minimum Gasteiger partial charge on any atom is -0.493 e. The van der Waals surface area contributed by atoms with Crippen LogP contribution in [0.25, 0.3) is 6.08 Å². The zero-order chi connectivity index (χ0) is 22.4. The lowest BCUT2D eigenvalue weighted by Gasteiger charge is -2.13. The van der Waals surface area contributed by atoms with Gasteiger partial charge in [0.05, 0.1) is 22.1 Å². The molecule has 1 saturated heterocycles. The van der Waals surface area contributed by atoms with Crippen molar-refractivity contribution in [2.75, 3.05) is 26.9 Å². The molecule has 1 aliphatic rings. The highest BCUT2D eigenvalue weighted by Gasteiger charge is 2.34. The van der Waals surface area contributed by atoms with Crippen LogP contribution in [0.5, 0.6) is 17.2 Å². The lowest BCUT2D eigenvalue weighted by molar-refractivity contribution is -0.123. The van der Waals surface area contributed by atoms with Gasteiger partial charge in [0.2, 0.25) is 0 Å². The number of hydrogen-bond acceptors (Lipinski definition) is 6. The van der Waals surface area contributed by atoms with Gasteiger partial charge in [0, 0.05) is 5.02 Å². The number of methoxy groups -OCH3 is 1. The van der Waals surface area contributed by atoms with Crippen molar-refractivity contribution in [1.29, 1.82) is 0 Å². The molecule has 1 aliphatic heterocycles. The first-order valence-corrected chi connectivity index (χ1v) is 11.4. The second-order valence-corrected chi connectivity index (χ2v) is 8.86. The Balaban J connectivity index is 1.70. The number of rotatable bonds is 9. The lowest BCUT2D eigenvalue weighted by Crippen LogP contribution is -2.32. The predicted octanol–water partition coefficient (Wildman–Crippen LogP) is 5.63. The van der Waals surface area contributed by atoms with Gasteiger partial charge in [-0.05, 0) is 82.4 Å². The highest BCUT2D eigenvalue weighted by molar-refractivity contribution is 14.1. The average Bonchev–Trinajstić information content (AvgIpc) is 3.01. The highest BCUT2D eigenvalue weighted by Crippen LogP contribution is 2.37. The van der Waals surface area contributed by atoms with Gasteiger partial charge in [-0.25, -0.2) is 0 Å². The summed E-state index contributed by atoms with van der Waals surface area (Å²) in [7, 11) is 1.55. The fourth-order valence-corrected chi connectivity index (χ4v) is 4.51. The molecule has 1 fully saturated rings. The molecule has 2 amide bonds. The number of thioether (sulfide) groups is 1. The Morgan fingerprint density at radius 1 is 1.19 bits per heavy atom. The zero-order valence-corrected chi connectivity index (χ0v) is 20.3. The molecule has 0 saturated carbocycles. The van der Waals surface area contributed by atoms with Crippen LogP contribution in [0.3, 0.4) is 0 Å². The van der Waals surface area contributed by atoms with Crippen LogP contribution in [0.15, 0.2) is 54.0 Å². The maximum atomic E-state index is 12.7. The molecular weight excluding hydrogens is 553 g/mol. The Labute approximate surface area is 203 Å². The van der Waals surface area contributed by atoms with Crippen molar-refractivity contribution >= 4 is 63.2 Å². The minimum atomic E-state index is -0.351.